The minimum atomic E-state index is -0.250. The Balaban J connectivity index is 1.88. The molecule has 1 nitrogen and oxygen atoms in total. The third-order valence-electron chi connectivity index (χ3n) is 4.59. The lowest BCUT2D eigenvalue weighted by molar-refractivity contribution is 0.179. The average Bonchev–Trinajstić information content (AvgIpc) is 2.58. The van der Waals surface area contributed by atoms with Gasteiger partial charge in [-0.3, -0.25) is 0 Å². The van der Waals surface area contributed by atoms with Crippen LogP contribution in [0.2, 0.25) is 0 Å². The number of rotatable bonds is 4. The third-order valence-corrected chi connectivity index (χ3v) is 4.59. The Bertz CT molecular complexity index is 613. The molecule has 114 valence electrons. The molecule has 22 heavy (non-hydrogen) atoms. The average molecular weight is 292 g/mol. The van der Waals surface area contributed by atoms with Crippen LogP contribution < -0.4 is 0 Å². The number of hydrogen-bond donors (Lipinski definition) is 1. The molecule has 0 heterocycles. The van der Waals surface area contributed by atoms with Crippen LogP contribution in [0.5, 0.6) is 0 Å². The van der Waals surface area contributed by atoms with Gasteiger partial charge in [0.25, 0.3) is 0 Å². The van der Waals surface area contributed by atoms with Crippen LogP contribution in [0.3, 0.4) is 0 Å². The monoisotopic (exact) mass is 292 g/mol. The van der Waals surface area contributed by atoms with Gasteiger partial charge < -0.3 is 5.11 Å². The summed E-state index contributed by atoms with van der Waals surface area (Å²) >= 11 is 0. The SMILES string of the molecule is OC1CCCCC1=C(CCc1ccccc1)c1ccccc1. The number of benzene rings is 2. The highest BCUT2D eigenvalue weighted by molar-refractivity contribution is 5.69. The highest BCUT2D eigenvalue weighted by Gasteiger charge is 2.20. The first-order valence-electron chi connectivity index (χ1n) is 8.34. The quantitative estimate of drug-likeness (QED) is 0.840. The standard InChI is InChI=1S/C21H24O/c22-21-14-8-7-13-20(21)19(18-11-5-2-6-12-18)16-15-17-9-3-1-4-10-17/h1-6,9-12,21-22H,7-8,13-16H2. The van der Waals surface area contributed by atoms with Crippen LogP contribution in [0, 0.1) is 0 Å². The van der Waals surface area contributed by atoms with Gasteiger partial charge in [-0.25, -0.2) is 0 Å². The molecule has 1 heteroatoms. The molecule has 1 unspecified atom stereocenters. The van der Waals surface area contributed by atoms with Gasteiger partial charge in [0.05, 0.1) is 6.10 Å². The fraction of sp³-hybridized carbons (Fsp3) is 0.333. The summed E-state index contributed by atoms with van der Waals surface area (Å²) in [6, 6.07) is 21.2. The minimum absolute atomic E-state index is 0.250. The van der Waals surface area contributed by atoms with E-state index in [0.29, 0.717) is 0 Å². The molecule has 3 rings (SSSR count). The van der Waals surface area contributed by atoms with E-state index in [1.807, 2.05) is 0 Å². The second-order valence-corrected chi connectivity index (χ2v) is 6.12. The van der Waals surface area contributed by atoms with Crippen molar-refractivity contribution in [3.8, 4) is 0 Å². The lowest BCUT2D eigenvalue weighted by Gasteiger charge is -2.25. The van der Waals surface area contributed by atoms with Crippen LogP contribution in [0.15, 0.2) is 66.2 Å². The van der Waals surface area contributed by atoms with E-state index in [1.165, 1.54) is 28.7 Å². The molecular weight excluding hydrogens is 268 g/mol. The van der Waals surface area contributed by atoms with Crippen LogP contribution in [-0.4, -0.2) is 11.2 Å². The van der Waals surface area contributed by atoms with Crippen LogP contribution in [0.25, 0.3) is 5.57 Å². The second-order valence-electron chi connectivity index (χ2n) is 6.12. The number of aryl methyl sites for hydroxylation is 1. The molecule has 0 aliphatic heterocycles. The molecule has 2 aromatic rings. The van der Waals surface area contributed by atoms with Gasteiger partial charge in [0.15, 0.2) is 0 Å². The highest BCUT2D eigenvalue weighted by atomic mass is 16.3. The Labute approximate surface area is 133 Å². The summed E-state index contributed by atoms with van der Waals surface area (Å²) < 4.78 is 0. The van der Waals surface area contributed by atoms with Crippen molar-refractivity contribution in [2.75, 3.05) is 0 Å². The largest absolute Gasteiger partial charge is 0.389 e. The zero-order chi connectivity index (χ0) is 15.2. The predicted molar refractivity (Wildman–Crippen MR) is 92.6 cm³/mol. The summed E-state index contributed by atoms with van der Waals surface area (Å²) in [5.74, 6) is 0. The Morgan fingerprint density at radius 3 is 2.27 bits per heavy atom. The molecule has 0 saturated heterocycles. The smallest absolute Gasteiger partial charge is 0.0756 e. The van der Waals surface area contributed by atoms with Crippen molar-refractivity contribution in [2.45, 2.75) is 44.6 Å². The molecule has 0 amide bonds. The zero-order valence-electron chi connectivity index (χ0n) is 13.0. The van der Waals surface area contributed by atoms with Gasteiger partial charge in [0.2, 0.25) is 0 Å². The van der Waals surface area contributed by atoms with Crippen molar-refractivity contribution in [2.24, 2.45) is 0 Å². The minimum Gasteiger partial charge on any atom is -0.389 e. The van der Waals surface area contributed by atoms with Crippen LogP contribution in [0.4, 0.5) is 0 Å². The van der Waals surface area contributed by atoms with Crippen molar-refractivity contribution in [3.05, 3.63) is 77.4 Å². The maximum absolute atomic E-state index is 10.4. The summed E-state index contributed by atoms with van der Waals surface area (Å²) in [6.07, 6.45) is 6.08. The van der Waals surface area contributed by atoms with E-state index in [1.54, 1.807) is 0 Å². The fourth-order valence-corrected chi connectivity index (χ4v) is 3.39. The molecular formula is C21H24O. The molecule has 1 aliphatic carbocycles. The summed E-state index contributed by atoms with van der Waals surface area (Å²) in [5.41, 5.74) is 5.27. The highest BCUT2D eigenvalue weighted by Crippen LogP contribution is 2.33. The van der Waals surface area contributed by atoms with Crippen LogP contribution in [-0.2, 0) is 6.42 Å². The first-order chi connectivity index (χ1) is 10.8. The van der Waals surface area contributed by atoms with Crippen molar-refractivity contribution in [1.29, 1.82) is 0 Å². The van der Waals surface area contributed by atoms with E-state index in [-0.39, 0.29) is 6.10 Å². The molecule has 1 fully saturated rings. The van der Waals surface area contributed by atoms with E-state index in [9.17, 15) is 5.11 Å². The van der Waals surface area contributed by atoms with Crippen LogP contribution in [0.1, 0.15) is 43.2 Å². The molecule has 2 aromatic carbocycles. The lowest BCUT2D eigenvalue weighted by Crippen LogP contribution is -2.17. The normalized spacial score (nSPS) is 20.7. The lowest BCUT2D eigenvalue weighted by atomic mass is 9.84. The summed E-state index contributed by atoms with van der Waals surface area (Å²) in [6.45, 7) is 0. The third kappa shape index (κ3) is 3.66. The van der Waals surface area contributed by atoms with Gasteiger partial charge in [-0.15, -0.1) is 0 Å². The predicted octanol–water partition coefficient (Wildman–Crippen LogP) is 5.01. The van der Waals surface area contributed by atoms with Crippen molar-refractivity contribution in [3.63, 3.8) is 0 Å². The molecule has 0 spiro atoms. The Morgan fingerprint density at radius 1 is 0.909 bits per heavy atom. The molecule has 1 saturated carbocycles. The summed E-state index contributed by atoms with van der Waals surface area (Å²) in [4.78, 5) is 0. The zero-order valence-corrected chi connectivity index (χ0v) is 13.0. The topological polar surface area (TPSA) is 20.2 Å². The Hall–Kier alpha value is -1.86. The van der Waals surface area contributed by atoms with Gasteiger partial charge in [0.1, 0.15) is 0 Å². The molecule has 1 N–H and O–H groups in total. The van der Waals surface area contributed by atoms with E-state index in [4.69, 9.17) is 0 Å². The maximum atomic E-state index is 10.4. The fourth-order valence-electron chi connectivity index (χ4n) is 3.39. The van der Waals surface area contributed by atoms with Gasteiger partial charge in [-0.1, -0.05) is 67.1 Å². The van der Waals surface area contributed by atoms with E-state index < -0.39 is 0 Å². The van der Waals surface area contributed by atoms with Crippen molar-refractivity contribution < 1.29 is 5.11 Å². The molecule has 0 radical (unpaired) electrons. The summed E-state index contributed by atoms with van der Waals surface area (Å²) in [5, 5.41) is 10.4. The van der Waals surface area contributed by atoms with Gasteiger partial charge in [-0.2, -0.15) is 0 Å². The van der Waals surface area contributed by atoms with Crippen molar-refractivity contribution >= 4 is 5.57 Å². The van der Waals surface area contributed by atoms with E-state index in [2.05, 4.69) is 60.7 Å². The first-order valence-corrected chi connectivity index (χ1v) is 8.34. The number of aliphatic hydroxyl groups is 1. The number of hydrogen-bond acceptors (Lipinski definition) is 1. The molecule has 0 bridgehead atoms. The van der Waals surface area contributed by atoms with Gasteiger partial charge in [-0.05, 0) is 54.4 Å². The molecule has 0 aromatic heterocycles. The number of aliphatic hydroxyl groups excluding tert-OH is 1. The summed E-state index contributed by atoms with van der Waals surface area (Å²) in [7, 11) is 0. The van der Waals surface area contributed by atoms with E-state index in [0.717, 1.165) is 32.1 Å². The number of allylic oxidation sites excluding steroid dienone is 1. The van der Waals surface area contributed by atoms with Gasteiger partial charge >= 0.3 is 0 Å². The van der Waals surface area contributed by atoms with Crippen LogP contribution >= 0.6 is 0 Å². The Kier molecular flexibility index (Phi) is 5.07. The van der Waals surface area contributed by atoms with Crippen molar-refractivity contribution in [1.82, 2.24) is 0 Å². The maximum Gasteiger partial charge on any atom is 0.0756 e. The Morgan fingerprint density at radius 2 is 1.59 bits per heavy atom. The molecule has 1 aliphatic rings. The van der Waals surface area contributed by atoms with E-state index >= 15 is 0 Å². The molecule has 1 atom stereocenters. The second kappa shape index (κ2) is 7.42. The van der Waals surface area contributed by atoms with Gasteiger partial charge in [0, 0.05) is 0 Å². The first kappa shape index (κ1) is 15.1.